The van der Waals surface area contributed by atoms with Crippen molar-refractivity contribution in [2.45, 2.75) is 65.4 Å². The van der Waals surface area contributed by atoms with Gasteiger partial charge in [-0.1, -0.05) is 38.3 Å². The maximum Gasteiger partial charge on any atom is 0.223 e. The van der Waals surface area contributed by atoms with Crippen LogP contribution in [0.4, 0.5) is 0 Å². The second-order valence-electron chi connectivity index (χ2n) is 6.19. The summed E-state index contributed by atoms with van der Waals surface area (Å²) in [7, 11) is 0. The molecule has 3 heteroatoms. The summed E-state index contributed by atoms with van der Waals surface area (Å²) in [6, 6.07) is 0. The quantitative estimate of drug-likeness (QED) is 0.752. The zero-order valence-electron chi connectivity index (χ0n) is 12.8. The Bertz CT molecular complexity index is 334. The van der Waals surface area contributed by atoms with Crippen LogP contribution in [0.15, 0.2) is 11.6 Å². The van der Waals surface area contributed by atoms with Crippen LogP contribution in [0.3, 0.4) is 0 Å². The third-order valence-electron chi connectivity index (χ3n) is 4.50. The van der Waals surface area contributed by atoms with Gasteiger partial charge in [-0.3, -0.25) is 4.79 Å². The minimum Gasteiger partial charge on any atom is -0.389 e. The van der Waals surface area contributed by atoms with E-state index >= 15 is 0 Å². The van der Waals surface area contributed by atoms with E-state index in [9.17, 15) is 9.90 Å². The molecule has 1 fully saturated rings. The van der Waals surface area contributed by atoms with Crippen LogP contribution in [0.5, 0.6) is 0 Å². The molecule has 1 saturated carbocycles. The molecule has 0 heterocycles. The van der Waals surface area contributed by atoms with E-state index < -0.39 is 5.60 Å². The van der Waals surface area contributed by atoms with Crippen molar-refractivity contribution in [1.82, 2.24) is 5.32 Å². The minimum absolute atomic E-state index is 0.0350. The Labute approximate surface area is 117 Å². The Hall–Kier alpha value is -0.830. The van der Waals surface area contributed by atoms with Gasteiger partial charge in [-0.25, -0.2) is 0 Å². The van der Waals surface area contributed by atoms with Crippen LogP contribution in [0.2, 0.25) is 0 Å². The highest BCUT2D eigenvalue weighted by atomic mass is 16.3. The van der Waals surface area contributed by atoms with Crippen LogP contribution in [0.25, 0.3) is 0 Å². The lowest BCUT2D eigenvalue weighted by atomic mass is 9.66. The Kier molecular flexibility index (Phi) is 6.05. The predicted octanol–water partition coefficient (Wildman–Crippen LogP) is 3.04. The fraction of sp³-hybridized carbons (Fsp3) is 0.812. The van der Waals surface area contributed by atoms with Gasteiger partial charge in [0.05, 0.1) is 12.0 Å². The monoisotopic (exact) mass is 267 g/mol. The van der Waals surface area contributed by atoms with E-state index in [1.165, 1.54) is 12.0 Å². The molecule has 1 unspecified atom stereocenters. The number of hydrogen-bond acceptors (Lipinski definition) is 2. The van der Waals surface area contributed by atoms with E-state index in [0.29, 0.717) is 6.54 Å². The van der Waals surface area contributed by atoms with E-state index in [1.807, 2.05) is 19.9 Å². The molecule has 0 aromatic carbocycles. The fourth-order valence-electron chi connectivity index (χ4n) is 3.14. The molecule has 0 aliphatic heterocycles. The zero-order valence-corrected chi connectivity index (χ0v) is 12.8. The molecule has 110 valence electrons. The van der Waals surface area contributed by atoms with Crippen LogP contribution in [0, 0.1) is 11.8 Å². The highest BCUT2D eigenvalue weighted by molar-refractivity contribution is 5.77. The Morgan fingerprint density at radius 2 is 2.11 bits per heavy atom. The van der Waals surface area contributed by atoms with E-state index in [2.05, 4.69) is 19.2 Å². The Morgan fingerprint density at radius 3 is 2.68 bits per heavy atom. The standard InChI is InChI=1S/C16H29NO2/c1-5-14-8-6-7-13(4)16(14,19)11-15(18)17-10-9-12(2)3/h9,13-14,19H,5-8,10-11H2,1-4H3,(H,17,18)/t13-,14?,16-/m0/s1. The normalized spacial score (nSPS) is 30.8. The summed E-state index contributed by atoms with van der Waals surface area (Å²) in [4.78, 5) is 12.0. The number of carbonyl (C=O) groups excluding carboxylic acids is 1. The second kappa shape index (κ2) is 7.09. The third kappa shape index (κ3) is 4.34. The van der Waals surface area contributed by atoms with Crippen molar-refractivity contribution >= 4 is 5.91 Å². The lowest BCUT2D eigenvalue weighted by Gasteiger charge is -2.44. The molecule has 0 radical (unpaired) electrons. The number of carbonyl (C=O) groups is 1. The van der Waals surface area contributed by atoms with Gasteiger partial charge in [0.15, 0.2) is 0 Å². The van der Waals surface area contributed by atoms with Crippen molar-refractivity contribution in [3.05, 3.63) is 11.6 Å². The lowest BCUT2D eigenvalue weighted by molar-refractivity contribution is -0.138. The van der Waals surface area contributed by atoms with Crippen LogP contribution < -0.4 is 5.32 Å². The first-order chi connectivity index (χ1) is 8.90. The van der Waals surface area contributed by atoms with E-state index in [1.54, 1.807) is 0 Å². The second-order valence-corrected chi connectivity index (χ2v) is 6.19. The molecule has 1 amide bonds. The van der Waals surface area contributed by atoms with Crippen molar-refractivity contribution in [2.24, 2.45) is 11.8 Å². The molecular formula is C16H29NO2. The summed E-state index contributed by atoms with van der Waals surface area (Å²) in [5.41, 5.74) is 0.374. The molecular weight excluding hydrogens is 238 g/mol. The van der Waals surface area contributed by atoms with Crippen molar-refractivity contribution < 1.29 is 9.90 Å². The molecule has 1 aliphatic rings. The van der Waals surface area contributed by atoms with Gasteiger partial charge in [0.1, 0.15) is 0 Å². The van der Waals surface area contributed by atoms with E-state index in [-0.39, 0.29) is 24.2 Å². The largest absolute Gasteiger partial charge is 0.389 e. The minimum atomic E-state index is -0.817. The molecule has 0 saturated heterocycles. The Morgan fingerprint density at radius 1 is 1.42 bits per heavy atom. The van der Waals surface area contributed by atoms with Gasteiger partial charge in [0.2, 0.25) is 5.91 Å². The first kappa shape index (κ1) is 16.2. The molecule has 19 heavy (non-hydrogen) atoms. The number of rotatable bonds is 5. The summed E-state index contributed by atoms with van der Waals surface area (Å²) in [5.74, 6) is 0.429. The molecule has 1 rings (SSSR count). The molecule has 1 aliphatic carbocycles. The maximum atomic E-state index is 12.0. The zero-order chi connectivity index (χ0) is 14.5. The van der Waals surface area contributed by atoms with Crippen molar-refractivity contribution in [1.29, 1.82) is 0 Å². The Balaban J connectivity index is 2.60. The smallest absolute Gasteiger partial charge is 0.223 e. The van der Waals surface area contributed by atoms with Crippen molar-refractivity contribution in [3.8, 4) is 0 Å². The predicted molar refractivity (Wildman–Crippen MR) is 78.8 cm³/mol. The molecule has 2 N–H and O–H groups in total. The number of nitrogens with one attached hydrogen (secondary N) is 1. The lowest BCUT2D eigenvalue weighted by Crippen LogP contribution is -2.50. The molecule has 0 aromatic rings. The van der Waals surface area contributed by atoms with Gasteiger partial charge in [0, 0.05) is 6.54 Å². The van der Waals surface area contributed by atoms with Crippen LogP contribution in [0.1, 0.15) is 59.8 Å². The highest BCUT2D eigenvalue weighted by Crippen LogP contribution is 2.42. The number of aliphatic hydroxyl groups is 1. The van der Waals surface area contributed by atoms with Crippen LogP contribution >= 0.6 is 0 Å². The van der Waals surface area contributed by atoms with Gasteiger partial charge < -0.3 is 10.4 Å². The van der Waals surface area contributed by atoms with Gasteiger partial charge in [0.25, 0.3) is 0 Å². The summed E-state index contributed by atoms with van der Waals surface area (Å²) in [6.07, 6.45) is 6.41. The van der Waals surface area contributed by atoms with Gasteiger partial charge in [-0.05, 0) is 38.5 Å². The van der Waals surface area contributed by atoms with Crippen molar-refractivity contribution in [2.75, 3.05) is 6.54 Å². The first-order valence-corrected chi connectivity index (χ1v) is 7.52. The number of allylic oxidation sites excluding steroid dienone is 1. The van der Waals surface area contributed by atoms with Crippen LogP contribution in [-0.4, -0.2) is 23.2 Å². The van der Waals surface area contributed by atoms with Crippen LogP contribution in [-0.2, 0) is 4.79 Å². The summed E-state index contributed by atoms with van der Waals surface area (Å²) >= 11 is 0. The topological polar surface area (TPSA) is 49.3 Å². The average molecular weight is 267 g/mol. The molecule has 0 bridgehead atoms. The summed E-state index contributed by atoms with van der Waals surface area (Å²) in [5, 5.41) is 13.8. The molecule has 3 atom stereocenters. The maximum absolute atomic E-state index is 12.0. The number of hydrogen-bond donors (Lipinski definition) is 2. The molecule has 3 nitrogen and oxygen atoms in total. The van der Waals surface area contributed by atoms with Gasteiger partial charge >= 0.3 is 0 Å². The van der Waals surface area contributed by atoms with Gasteiger partial charge in [-0.15, -0.1) is 0 Å². The summed E-state index contributed by atoms with van der Waals surface area (Å²) < 4.78 is 0. The molecule has 0 spiro atoms. The van der Waals surface area contributed by atoms with E-state index in [4.69, 9.17) is 0 Å². The SMILES string of the molecule is CCC1CCC[C@H](C)[C@@]1(O)CC(=O)NCC=C(C)C. The fourth-order valence-corrected chi connectivity index (χ4v) is 3.14. The summed E-state index contributed by atoms with van der Waals surface area (Å²) in [6.45, 7) is 8.76. The van der Waals surface area contributed by atoms with E-state index in [0.717, 1.165) is 19.3 Å². The first-order valence-electron chi connectivity index (χ1n) is 7.52. The number of amides is 1. The molecule has 0 aromatic heterocycles. The third-order valence-corrected chi connectivity index (χ3v) is 4.50. The van der Waals surface area contributed by atoms with Crippen molar-refractivity contribution in [3.63, 3.8) is 0 Å². The highest BCUT2D eigenvalue weighted by Gasteiger charge is 2.44. The average Bonchev–Trinajstić information content (AvgIpc) is 2.32. The van der Waals surface area contributed by atoms with Gasteiger partial charge in [-0.2, -0.15) is 0 Å².